The average Bonchev–Trinajstić information content (AvgIpc) is 3.10. The zero-order valence-electron chi connectivity index (χ0n) is 15.2. The molecular weight excluding hydrogens is 373 g/mol. The van der Waals surface area contributed by atoms with Crippen molar-refractivity contribution in [3.63, 3.8) is 0 Å². The molecule has 1 amide bonds. The minimum absolute atomic E-state index is 0.0689. The van der Waals surface area contributed by atoms with E-state index in [2.05, 4.69) is 15.5 Å². The minimum atomic E-state index is -1.63. The second kappa shape index (κ2) is 8.22. The monoisotopic (exact) mass is 391 g/mol. The number of nitrogens with one attached hydrogen (secondary N) is 2. The molecule has 0 radical (unpaired) electrons. The fourth-order valence-electron chi connectivity index (χ4n) is 2.63. The number of aryl methyl sites for hydroxylation is 1. The molecule has 0 aliphatic carbocycles. The minimum Gasteiger partial charge on any atom is -0.415 e. The number of likely N-dealkylation sites (N-methyl/N-ethyl adjacent to an activating group) is 1. The second-order valence-corrected chi connectivity index (χ2v) is 6.45. The molecule has 0 aliphatic rings. The quantitative estimate of drug-likeness (QED) is 0.632. The van der Waals surface area contributed by atoms with Crippen LogP contribution in [0, 0.1) is 24.4 Å². The molecule has 0 aliphatic heterocycles. The Kier molecular flexibility index (Phi) is 5.74. The lowest BCUT2D eigenvalue weighted by Gasteiger charge is -2.12. The van der Waals surface area contributed by atoms with Crippen molar-refractivity contribution in [1.82, 2.24) is 10.2 Å². The molecule has 146 valence electrons. The van der Waals surface area contributed by atoms with E-state index < -0.39 is 29.0 Å². The first-order valence-electron chi connectivity index (χ1n) is 8.47. The van der Waals surface area contributed by atoms with E-state index >= 15 is 0 Å². The normalized spacial score (nSPS) is 12.0. The smallest absolute Gasteiger partial charge is 0.279 e. The van der Waals surface area contributed by atoms with Crippen LogP contribution in [0.2, 0.25) is 0 Å². The number of hydrogen-bond acceptors (Lipinski definition) is 4. The standard InChI is InChI=1S/C19H17F3N4O2/c1-11-4-3-5-12(8-11)19-25-24-16(28-19)10-26(2)9-15(27)23-14-7-6-13(20)17(21)18(14)22/h3-8H,9-10H2,1-2H3,(H,23,27)/p+1. The highest BCUT2D eigenvalue weighted by atomic mass is 19.2. The molecule has 0 fully saturated rings. The van der Waals surface area contributed by atoms with Crippen molar-refractivity contribution in [2.45, 2.75) is 13.5 Å². The molecule has 0 saturated carbocycles. The molecule has 2 N–H and O–H groups in total. The number of anilines is 1. The van der Waals surface area contributed by atoms with Crippen LogP contribution in [0.1, 0.15) is 11.5 Å². The molecule has 1 aromatic heterocycles. The zero-order chi connectivity index (χ0) is 20.3. The van der Waals surface area contributed by atoms with Gasteiger partial charge in [-0.15, -0.1) is 10.2 Å². The molecule has 3 rings (SSSR count). The maximum Gasteiger partial charge on any atom is 0.279 e. The lowest BCUT2D eigenvalue weighted by molar-refractivity contribution is -0.886. The molecule has 6 nitrogen and oxygen atoms in total. The first-order valence-corrected chi connectivity index (χ1v) is 8.47. The van der Waals surface area contributed by atoms with Crippen molar-refractivity contribution in [2.24, 2.45) is 0 Å². The number of rotatable bonds is 6. The first-order chi connectivity index (χ1) is 13.3. The molecule has 1 heterocycles. The van der Waals surface area contributed by atoms with E-state index in [1.165, 1.54) is 0 Å². The number of carbonyl (C=O) groups is 1. The van der Waals surface area contributed by atoms with Gasteiger partial charge in [-0.2, -0.15) is 0 Å². The van der Waals surface area contributed by atoms with Crippen LogP contribution < -0.4 is 10.2 Å². The molecule has 0 spiro atoms. The van der Waals surface area contributed by atoms with Crippen molar-refractivity contribution in [1.29, 1.82) is 0 Å². The van der Waals surface area contributed by atoms with Crippen LogP contribution in [0.3, 0.4) is 0 Å². The van der Waals surface area contributed by atoms with Gasteiger partial charge in [-0.3, -0.25) is 4.79 Å². The summed E-state index contributed by atoms with van der Waals surface area (Å²) in [6, 6.07) is 9.31. The van der Waals surface area contributed by atoms with Crippen LogP contribution in [0.15, 0.2) is 40.8 Å². The van der Waals surface area contributed by atoms with Crippen molar-refractivity contribution in [3.8, 4) is 11.5 Å². The maximum absolute atomic E-state index is 13.6. The van der Waals surface area contributed by atoms with Crippen LogP contribution in [0.25, 0.3) is 11.5 Å². The fourth-order valence-corrected chi connectivity index (χ4v) is 2.63. The molecule has 3 aromatic rings. The summed E-state index contributed by atoms with van der Waals surface area (Å²) in [5, 5.41) is 10.2. The van der Waals surface area contributed by atoms with Crippen LogP contribution in [0.5, 0.6) is 0 Å². The summed E-state index contributed by atoms with van der Waals surface area (Å²) in [4.78, 5) is 12.7. The van der Waals surface area contributed by atoms with Gasteiger partial charge in [0.1, 0.15) is 0 Å². The van der Waals surface area contributed by atoms with E-state index in [1.54, 1.807) is 7.05 Å². The fraction of sp³-hybridized carbons (Fsp3) is 0.211. The summed E-state index contributed by atoms with van der Waals surface area (Å²) < 4.78 is 45.4. The number of quaternary nitrogens is 1. The van der Waals surface area contributed by atoms with Crippen LogP contribution in [0.4, 0.5) is 18.9 Å². The summed E-state index contributed by atoms with van der Waals surface area (Å²) in [7, 11) is 1.71. The summed E-state index contributed by atoms with van der Waals surface area (Å²) in [6.07, 6.45) is 0. The molecule has 1 unspecified atom stereocenters. The van der Waals surface area contributed by atoms with Gasteiger partial charge in [0.2, 0.25) is 5.89 Å². The van der Waals surface area contributed by atoms with Gasteiger partial charge in [0.15, 0.2) is 30.5 Å². The lowest BCUT2D eigenvalue weighted by Crippen LogP contribution is -3.08. The highest BCUT2D eigenvalue weighted by Gasteiger charge is 2.19. The number of carbonyl (C=O) groups excluding carboxylic acids is 1. The second-order valence-electron chi connectivity index (χ2n) is 6.45. The van der Waals surface area contributed by atoms with E-state index in [9.17, 15) is 18.0 Å². The van der Waals surface area contributed by atoms with Gasteiger partial charge in [0.05, 0.1) is 12.7 Å². The Labute approximate surface area is 159 Å². The lowest BCUT2D eigenvalue weighted by atomic mass is 10.1. The van der Waals surface area contributed by atoms with Crippen LogP contribution >= 0.6 is 0 Å². The zero-order valence-corrected chi connectivity index (χ0v) is 15.2. The van der Waals surface area contributed by atoms with E-state index in [4.69, 9.17) is 4.42 Å². The third kappa shape index (κ3) is 4.55. The molecule has 9 heteroatoms. The van der Waals surface area contributed by atoms with Crippen LogP contribution in [-0.2, 0) is 11.3 Å². The first kappa shape index (κ1) is 19.6. The Hall–Kier alpha value is -3.20. The Morgan fingerprint density at radius 1 is 1.14 bits per heavy atom. The summed E-state index contributed by atoms with van der Waals surface area (Å²) in [5.74, 6) is -4.25. The molecule has 1 atom stereocenters. The summed E-state index contributed by atoms with van der Waals surface area (Å²) in [6.45, 7) is 2.14. The summed E-state index contributed by atoms with van der Waals surface area (Å²) in [5.41, 5.74) is 1.43. The number of aromatic nitrogens is 2. The van der Waals surface area contributed by atoms with Gasteiger partial charge in [-0.05, 0) is 31.2 Å². The van der Waals surface area contributed by atoms with Crippen molar-refractivity contribution in [3.05, 3.63) is 65.3 Å². The van der Waals surface area contributed by atoms with Crippen molar-refractivity contribution >= 4 is 11.6 Å². The molecule has 0 bridgehead atoms. The number of hydrogen-bond donors (Lipinski definition) is 2. The van der Waals surface area contributed by atoms with Gasteiger partial charge in [0.25, 0.3) is 11.8 Å². The largest absolute Gasteiger partial charge is 0.415 e. The Balaban J connectivity index is 1.59. The highest BCUT2D eigenvalue weighted by Crippen LogP contribution is 2.20. The average molecular weight is 391 g/mol. The van der Waals surface area contributed by atoms with Gasteiger partial charge in [0, 0.05) is 5.56 Å². The topological polar surface area (TPSA) is 72.5 Å². The highest BCUT2D eigenvalue weighted by molar-refractivity contribution is 5.91. The number of halogens is 3. The maximum atomic E-state index is 13.6. The molecular formula is C19H18F3N4O2+. The molecule has 2 aromatic carbocycles. The van der Waals surface area contributed by atoms with Crippen molar-refractivity contribution < 1.29 is 27.3 Å². The number of benzene rings is 2. The SMILES string of the molecule is Cc1cccc(-c2nnc(C[NH+](C)CC(=O)Nc3ccc(F)c(F)c3F)o2)c1. The Morgan fingerprint density at radius 3 is 2.68 bits per heavy atom. The predicted molar refractivity (Wildman–Crippen MR) is 94.9 cm³/mol. The van der Waals surface area contributed by atoms with Crippen LogP contribution in [-0.4, -0.2) is 29.7 Å². The molecule has 28 heavy (non-hydrogen) atoms. The Morgan fingerprint density at radius 2 is 1.93 bits per heavy atom. The van der Waals surface area contributed by atoms with Gasteiger partial charge >= 0.3 is 0 Å². The summed E-state index contributed by atoms with van der Waals surface area (Å²) >= 11 is 0. The van der Waals surface area contributed by atoms with E-state index in [1.807, 2.05) is 31.2 Å². The van der Waals surface area contributed by atoms with Gasteiger partial charge in [-0.1, -0.05) is 17.7 Å². The van der Waals surface area contributed by atoms with Crippen molar-refractivity contribution in [2.75, 3.05) is 18.9 Å². The van der Waals surface area contributed by atoms with Gasteiger partial charge < -0.3 is 14.6 Å². The van der Waals surface area contributed by atoms with E-state index in [0.29, 0.717) is 16.7 Å². The van der Waals surface area contributed by atoms with E-state index in [-0.39, 0.29) is 13.1 Å². The molecule has 0 saturated heterocycles. The predicted octanol–water partition coefficient (Wildman–Crippen LogP) is 2.12. The third-order valence-corrected chi connectivity index (χ3v) is 3.96. The van der Waals surface area contributed by atoms with Gasteiger partial charge in [-0.25, -0.2) is 13.2 Å². The van der Waals surface area contributed by atoms with E-state index in [0.717, 1.165) is 23.3 Å². The number of amides is 1. The number of nitrogens with zero attached hydrogens (tertiary/aromatic N) is 2. The third-order valence-electron chi connectivity index (χ3n) is 3.96. The Bertz CT molecular complexity index is 1010.